The van der Waals surface area contributed by atoms with Crippen molar-refractivity contribution < 1.29 is 4.74 Å². The average Bonchev–Trinajstić information content (AvgIpc) is 2.90. The summed E-state index contributed by atoms with van der Waals surface area (Å²) in [6.07, 6.45) is 4.83. The lowest BCUT2D eigenvalue weighted by Crippen LogP contribution is -2.27. The molecule has 3 aromatic heterocycles. The molecule has 0 atom stereocenters. The summed E-state index contributed by atoms with van der Waals surface area (Å²) in [6, 6.07) is 20.6. The molecule has 0 amide bonds. The summed E-state index contributed by atoms with van der Waals surface area (Å²) < 4.78 is 6.86. The van der Waals surface area contributed by atoms with Crippen LogP contribution in [0.3, 0.4) is 0 Å². The number of pyridine rings is 2. The van der Waals surface area contributed by atoms with Gasteiger partial charge < -0.3 is 4.74 Å². The lowest BCUT2D eigenvalue weighted by atomic mass is 10.0. The summed E-state index contributed by atoms with van der Waals surface area (Å²) in [5.41, 5.74) is 4.20. The molecular formula is C28H27N5O2. The molecule has 0 saturated heterocycles. The summed E-state index contributed by atoms with van der Waals surface area (Å²) in [4.78, 5) is 27.2. The van der Waals surface area contributed by atoms with Crippen molar-refractivity contribution in [1.29, 1.82) is 5.26 Å². The van der Waals surface area contributed by atoms with E-state index in [1.54, 1.807) is 30.0 Å². The SMILES string of the molecule is CCCCc1cc(=O)n(Cc2cccc(-c3ccccc3C#N)n2)c(Cc2ccc(OC)cn2)n1. The summed E-state index contributed by atoms with van der Waals surface area (Å²) in [6.45, 7) is 2.39. The second-order valence-electron chi connectivity index (χ2n) is 8.23. The van der Waals surface area contributed by atoms with E-state index in [0.717, 1.165) is 36.2 Å². The molecule has 3 heterocycles. The Morgan fingerprint density at radius 2 is 1.86 bits per heavy atom. The van der Waals surface area contributed by atoms with Crippen molar-refractivity contribution in [2.45, 2.75) is 39.2 Å². The number of methoxy groups -OCH3 is 1. The van der Waals surface area contributed by atoms with Crippen LogP contribution in [0.4, 0.5) is 0 Å². The van der Waals surface area contributed by atoms with Gasteiger partial charge in [-0.25, -0.2) is 4.98 Å². The molecule has 0 unspecified atom stereocenters. The molecule has 0 aliphatic rings. The van der Waals surface area contributed by atoms with E-state index in [4.69, 9.17) is 14.7 Å². The van der Waals surface area contributed by atoms with Gasteiger partial charge in [0, 0.05) is 29.4 Å². The van der Waals surface area contributed by atoms with E-state index < -0.39 is 0 Å². The molecule has 7 nitrogen and oxygen atoms in total. The first-order valence-electron chi connectivity index (χ1n) is 11.6. The zero-order valence-corrected chi connectivity index (χ0v) is 19.9. The maximum atomic E-state index is 13.2. The van der Waals surface area contributed by atoms with Crippen LogP contribution in [-0.4, -0.2) is 26.6 Å². The standard InChI is InChI=1S/C28H27N5O2/c1-3-4-9-22-16-28(34)33(27(32-22)15-21-13-14-24(35-2)18-30-21)19-23-10-7-12-26(31-23)25-11-6-5-8-20(25)17-29/h5-8,10-14,16,18H,3-4,9,15,19H2,1-2H3. The number of aryl methyl sites for hydroxylation is 1. The molecule has 0 aliphatic carbocycles. The van der Waals surface area contributed by atoms with Crippen LogP contribution in [0.15, 0.2) is 71.7 Å². The molecule has 1 aromatic carbocycles. The monoisotopic (exact) mass is 465 g/mol. The summed E-state index contributed by atoms with van der Waals surface area (Å²) in [5.74, 6) is 1.32. The molecule has 0 aliphatic heterocycles. The Morgan fingerprint density at radius 1 is 1.00 bits per heavy atom. The lowest BCUT2D eigenvalue weighted by Gasteiger charge is -2.14. The first-order valence-corrected chi connectivity index (χ1v) is 11.6. The highest BCUT2D eigenvalue weighted by molar-refractivity contribution is 5.67. The Hall–Kier alpha value is -4.31. The van der Waals surface area contributed by atoms with Crippen molar-refractivity contribution in [2.24, 2.45) is 0 Å². The van der Waals surface area contributed by atoms with Crippen LogP contribution in [0, 0.1) is 11.3 Å². The minimum atomic E-state index is -0.112. The Kier molecular flexibility index (Phi) is 7.63. The molecule has 4 aromatic rings. The fourth-order valence-corrected chi connectivity index (χ4v) is 3.88. The number of hydrogen-bond acceptors (Lipinski definition) is 6. The van der Waals surface area contributed by atoms with Crippen LogP contribution in [0.5, 0.6) is 5.75 Å². The van der Waals surface area contributed by atoms with Crippen molar-refractivity contribution in [3.05, 3.63) is 106 Å². The zero-order valence-electron chi connectivity index (χ0n) is 19.9. The Balaban J connectivity index is 1.70. The van der Waals surface area contributed by atoms with Crippen LogP contribution < -0.4 is 10.3 Å². The molecule has 0 radical (unpaired) electrons. The number of aromatic nitrogens is 4. The molecule has 0 bridgehead atoms. The minimum absolute atomic E-state index is 0.112. The molecule has 0 spiro atoms. The number of hydrogen-bond donors (Lipinski definition) is 0. The van der Waals surface area contributed by atoms with Crippen molar-refractivity contribution >= 4 is 0 Å². The minimum Gasteiger partial charge on any atom is -0.495 e. The molecule has 0 saturated carbocycles. The fourth-order valence-electron chi connectivity index (χ4n) is 3.88. The van der Waals surface area contributed by atoms with Crippen LogP contribution in [0.25, 0.3) is 11.3 Å². The van der Waals surface area contributed by atoms with Gasteiger partial charge in [0.25, 0.3) is 5.56 Å². The summed E-state index contributed by atoms with van der Waals surface area (Å²) in [7, 11) is 1.60. The maximum Gasteiger partial charge on any atom is 0.254 e. The van der Waals surface area contributed by atoms with E-state index in [0.29, 0.717) is 34.9 Å². The highest BCUT2D eigenvalue weighted by Crippen LogP contribution is 2.22. The van der Waals surface area contributed by atoms with E-state index in [-0.39, 0.29) is 12.1 Å². The van der Waals surface area contributed by atoms with E-state index in [9.17, 15) is 10.1 Å². The van der Waals surface area contributed by atoms with Crippen molar-refractivity contribution in [3.63, 3.8) is 0 Å². The van der Waals surface area contributed by atoms with Crippen molar-refractivity contribution in [2.75, 3.05) is 7.11 Å². The highest BCUT2D eigenvalue weighted by atomic mass is 16.5. The molecule has 0 fully saturated rings. The number of rotatable bonds is 9. The first-order chi connectivity index (χ1) is 17.1. The molecule has 4 rings (SSSR count). The van der Waals surface area contributed by atoms with Crippen LogP contribution in [0.1, 0.15) is 48.2 Å². The Bertz CT molecular complexity index is 1400. The molecule has 35 heavy (non-hydrogen) atoms. The second-order valence-corrected chi connectivity index (χ2v) is 8.23. The van der Waals surface area contributed by atoms with E-state index in [1.807, 2.05) is 48.5 Å². The molecular weight excluding hydrogens is 438 g/mol. The molecule has 7 heteroatoms. The van der Waals surface area contributed by atoms with Gasteiger partial charge in [0.2, 0.25) is 0 Å². The molecule has 0 N–H and O–H groups in total. The Labute approximate surface area is 204 Å². The quantitative estimate of drug-likeness (QED) is 0.360. The van der Waals surface area contributed by atoms with Crippen LogP contribution >= 0.6 is 0 Å². The predicted octanol–water partition coefficient (Wildman–Crippen LogP) is 4.56. The van der Waals surface area contributed by atoms with Gasteiger partial charge >= 0.3 is 0 Å². The smallest absolute Gasteiger partial charge is 0.254 e. The van der Waals surface area contributed by atoms with Crippen LogP contribution in [-0.2, 0) is 19.4 Å². The van der Waals surface area contributed by atoms with Crippen molar-refractivity contribution in [1.82, 2.24) is 19.5 Å². The summed E-state index contributed by atoms with van der Waals surface area (Å²) >= 11 is 0. The summed E-state index contributed by atoms with van der Waals surface area (Å²) in [5, 5.41) is 9.47. The third-order valence-electron chi connectivity index (χ3n) is 5.75. The zero-order chi connectivity index (χ0) is 24.6. The van der Waals surface area contributed by atoms with Gasteiger partial charge in [0.15, 0.2) is 0 Å². The third kappa shape index (κ3) is 5.79. The van der Waals surface area contributed by atoms with Gasteiger partial charge in [-0.15, -0.1) is 0 Å². The van der Waals surface area contributed by atoms with E-state index in [2.05, 4.69) is 18.0 Å². The van der Waals surface area contributed by atoms with E-state index in [1.165, 1.54) is 0 Å². The van der Waals surface area contributed by atoms with Gasteiger partial charge in [-0.2, -0.15) is 5.26 Å². The number of benzene rings is 1. The number of unbranched alkanes of at least 4 members (excludes halogenated alkanes) is 1. The predicted molar refractivity (Wildman–Crippen MR) is 134 cm³/mol. The van der Waals surface area contributed by atoms with Gasteiger partial charge in [-0.1, -0.05) is 37.6 Å². The number of nitriles is 1. The number of ether oxygens (including phenoxy) is 1. The third-order valence-corrected chi connectivity index (χ3v) is 5.75. The largest absolute Gasteiger partial charge is 0.495 e. The number of nitrogens with zero attached hydrogens (tertiary/aromatic N) is 5. The molecule has 176 valence electrons. The van der Waals surface area contributed by atoms with Gasteiger partial charge in [0.1, 0.15) is 11.6 Å². The highest BCUT2D eigenvalue weighted by Gasteiger charge is 2.13. The van der Waals surface area contributed by atoms with Gasteiger partial charge in [-0.3, -0.25) is 19.3 Å². The average molecular weight is 466 g/mol. The first kappa shape index (κ1) is 23.8. The van der Waals surface area contributed by atoms with Crippen LogP contribution in [0.2, 0.25) is 0 Å². The second kappa shape index (κ2) is 11.2. The fraction of sp³-hybridized carbons (Fsp3) is 0.250. The normalized spacial score (nSPS) is 10.7. The van der Waals surface area contributed by atoms with Gasteiger partial charge in [0.05, 0.1) is 42.9 Å². The van der Waals surface area contributed by atoms with Gasteiger partial charge in [-0.05, 0) is 43.2 Å². The maximum absolute atomic E-state index is 13.2. The van der Waals surface area contributed by atoms with E-state index >= 15 is 0 Å². The van der Waals surface area contributed by atoms with Crippen molar-refractivity contribution in [3.8, 4) is 23.1 Å². The Morgan fingerprint density at radius 3 is 2.60 bits per heavy atom. The topological polar surface area (TPSA) is 93.7 Å². The lowest BCUT2D eigenvalue weighted by molar-refractivity contribution is 0.412.